The maximum Gasteiger partial charge on any atom is 0.230 e. The molecule has 1 amide bonds. The van der Waals surface area contributed by atoms with Crippen molar-refractivity contribution in [3.05, 3.63) is 29.8 Å². The second-order valence-corrected chi connectivity index (χ2v) is 3.80. The Hall–Kier alpha value is -1.55. The van der Waals surface area contributed by atoms with Gasteiger partial charge < -0.3 is 15.4 Å². The fraction of sp³-hybridized carbons (Fsp3) is 0.417. The molecule has 1 unspecified atom stereocenters. The SMILES string of the molecule is COc1cccc(C(CN)C(=O)N(C)C)c1. The van der Waals surface area contributed by atoms with E-state index in [2.05, 4.69) is 0 Å². The first-order valence-electron chi connectivity index (χ1n) is 5.15. The van der Waals surface area contributed by atoms with Crippen molar-refractivity contribution in [3.63, 3.8) is 0 Å². The molecule has 4 heteroatoms. The van der Waals surface area contributed by atoms with Gasteiger partial charge in [0.1, 0.15) is 5.75 Å². The highest BCUT2D eigenvalue weighted by Gasteiger charge is 2.20. The molecule has 1 rings (SSSR count). The molecule has 0 saturated carbocycles. The van der Waals surface area contributed by atoms with Crippen molar-refractivity contribution in [2.45, 2.75) is 5.92 Å². The zero-order valence-corrected chi connectivity index (χ0v) is 9.93. The van der Waals surface area contributed by atoms with Crippen molar-refractivity contribution < 1.29 is 9.53 Å². The van der Waals surface area contributed by atoms with E-state index in [-0.39, 0.29) is 11.8 Å². The average molecular weight is 222 g/mol. The molecule has 0 heterocycles. The van der Waals surface area contributed by atoms with Crippen LogP contribution in [-0.2, 0) is 4.79 Å². The number of benzene rings is 1. The molecular weight excluding hydrogens is 204 g/mol. The number of carbonyl (C=O) groups is 1. The zero-order valence-electron chi connectivity index (χ0n) is 9.93. The second-order valence-electron chi connectivity index (χ2n) is 3.80. The summed E-state index contributed by atoms with van der Waals surface area (Å²) < 4.78 is 5.12. The van der Waals surface area contributed by atoms with E-state index in [4.69, 9.17) is 10.5 Å². The fourth-order valence-electron chi connectivity index (χ4n) is 1.55. The summed E-state index contributed by atoms with van der Waals surface area (Å²) in [5.41, 5.74) is 6.54. The molecule has 0 aliphatic rings. The number of amides is 1. The largest absolute Gasteiger partial charge is 0.497 e. The van der Waals surface area contributed by atoms with Crippen LogP contribution in [0.15, 0.2) is 24.3 Å². The Morgan fingerprint density at radius 2 is 2.19 bits per heavy atom. The van der Waals surface area contributed by atoms with Crippen LogP contribution < -0.4 is 10.5 Å². The minimum Gasteiger partial charge on any atom is -0.497 e. The van der Waals surface area contributed by atoms with Gasteiger partial charge in [0.05, 0.1) is 13.0 Å². The summed E-state index contributed by atoms with van der Waals surface area (Å²) in [6.07, 6.45) is 0. The monoisotopic (exact) mass is 222 g/mol. The third kappa shape index (κ3) is 2.73. The van der Waals surface area contributed by atoms with Crippen molar-refractivity contribution in [1.29, 1.82) is 0 Å². The summed E-state index contributed by atoms with van der Waals surface area (Å²) in [6, 6.07) is 7.44. The number of methoxy groups -OCH3 is 1. The van der Waals surface area contributed by atoms with E-state index in [1.165, 1.54) is 0 Å². The van der Waals surface area contributed by atoms with Gasteiger partial charge in [-0.05, 0) is 17.7 Å². The Morgan fingerprint density at radius 3 is 2.69 bits per heavy atom. The van der Waals surface area contributed by atoms with Crippen molar-refractivity contribution in [2.75, 3.05) is 27.7 Å². The van der Waals surface area contributed by atoms with Crippen LogP contribution in [0.5, 0.6) is 5.75 Å². The molecule has 0 radical (unpaired) electrons. The second kappa shape index (κ2) is 5.51. The van der Waals surface area contributed by atoms with Crippen LogP contribution in [0.4, 0.5) is 0 Å². The molecule has 0 fully saturated rings. The number of nitrogens with zero attached hydrogens (tertiary/aromatic N) is 1. The Balaban J connectivity index is 2.99. The van der Waals surface area contributed by atoms with Crippen LogP contribution in [0, 0.1) is 0 Å². The summed E-state index contributed by atoms with van der Waals surface area (Å²) >= 11 is 0. The van der Waals surface area contributed by atoms with Gasteiger partial charge in [0.15, 0.2) is 0 Å². The van der Waals surface area contributed by atoms with E-state index in [9.17, 15) is 4.79 Å². The summed E-state index contributed by atoms with van der Waals surface area (Å²) in [7, 11) is 5.06. The smallest absolute Gasteiger partial charge is 0.230 e. The molecule has 0 spiro atoms. The van der Waals surface area contributed by atoms with E-state index in [0.717, 1.165) is 11.3 Å². The number of hydrogen-bond donors (Lipinski definition) is 1. The molecule has 1 aromatic rings. The van der Waals surface area contributed by atoms with Crippen LogP contribution in [0.2, 0.25) is 0 Å². The summed E-state index contributed by atoms with van der Waals surface area (Å²) in [4.78, 5) is 13.4. The molecule has 16 heavy (non-hydrogen) atoms. The van der Waals surface area contributed by atoms with Crippen LogP contribution in [0.25, 0.3) is 0 Å². The highest BCUT2D eigenvalue weighted by Crippen LogP contribution is 2.21. The Labute approximate surface area is 96.0 Å². The van der Waals surface area contributed by atoms with Gasteiger partial charge in [-0.15, -0.1) is 0 Å². The third-order valence-corrected chi connectivity index (χ3v) is 2.47. The lowest BCUT2D eigenvalue weighted by atomic mass is 9.98. The van der Waals surface area contributed by atoms with Crippen molar-refractivity contribution >= 4 is 5.91 Å². The first-order valence-corrected chi connectivity index (χ1v) is 5.15. The minimum absolute atomic E-state index is 0.00996. The maximum absolute atomic E-state index is 11.9. The Bertz CT molecular complexity index is 364. The highest BCUT2D eigenvalue weighted by molar-refractivity contribution is 5.83. The molecule has 0 saturated heterocycles. The normalized spacial score (nSPS) is 12.0. The standard InChI is InChI=1S/C12H18N2O2/c1-14(2)12(15)11(8-13)9-5-4-6-10(7-9)16-3/h4-7,11H,8,13H2,1-3H3. The number of rotatable bonds is 4. The molecule has 1 aromatic carbocycles. The topological polar surface area (TPSA) is 55.6 Å². The highest BCUT2D eigenvalue weighted by atomic mass is 16.5. The number of ether oxygens (including phenoxy) is 1. The van der Waals surface area contributed by atoms with Crippen LogP contribution >= 0.6 is 0 Å². The molecular formula is C12H18N2O2. The molecule has 88 valence electrons. The third-order valence-electron chi connectivity index (χ3n) is 2.47. The van der Waals surface area contributed by atoms with Gasteiger partial charge in [-0.25, -0.2) is 0 Å². The number of carbonyl (C=O) groups excluding carboxylic acids is 1. The van der Waals surface area contributed by atoms with E-state index in [0.29, 0.717) is 6.54 Å². The minimum atomic E-state index is -0.301. The quantitative estimate of drug-likeness (QED) is 0.820. The molecule has 1 atom stereocenters. The average Bonchev–Trinajstić information content (AvgIpc) is 2.30. The first-order chi connectivity index (χ1) is 7.60. The van der Waals surface area contributed by atoms with Gasteiger partial charge in [-0.3, -0.25) is 4.79 Å². The van der Waals surface area contributed by atoms with E-state index in [1.54, 1.807) is 26.1 Å². The predicted octanol–water partition coefficient (Wildman–Crippen LogP) is 0.826. The molecule has 4 nitrogen and oxygen atoms in total. The van der Waals surface area contributed by atoms with Crippen LogP contribution in [-0.4, -0.2) is 38.6 Å². The van der Waals surface area contributed by atoms with Crippen molar-refractivity contribution in [3.8, 4) is 5.75 Å². The molecule has 0 aliphatic heterocycles. The van der Waals surface area contributed by atoms with Gasteiger partial charge in [0.25, 0.3) is 0 Å². The van der Waals surface area contributed by atoms with Gasteiger partial charge in [0, 0.05) is 20.6 Å². The predicted molar refractivity (Wildman–Crippen MR) is 63.5 cm³/mol. The molecule has 0 aliphatic carbocycles. The number of hydrogen-bond acceptors (Lipinski definition) is 3. The molecule has 0 bridgehead atoms. The maximum atomic E-state index is 11.9. The summed E-state index contributed by atoms with van der Waals surface area (Å²) in [5.74, 6) is 0.448. The van der Waals surface area contributed by atoms with Crippen LogP contribution in [0.1, 0.15) is 11.5 Å². The lowest BCUT2D eigenvalue weighted by molar-refractivity contribution is -0.130. The lowest BCUT2D eigenvalue weighted by Crippen LogP contribution is -2.32. The lowest BCUT2D eigenvalue weighted by Gasteiger charge is -2.19. The van der Waals surface area contributed by atoms with Crippen molar-refractivity contribution in [1.82, 2.24) is 4.90 Å². The van der Waals surface area contributed by atoms with Crippen LogP contribution in [0.3, 0.4) is 0 Å². The summed E-state index contributed by atoms with van der Waals surface area (Å²) in [6.45, 7) is 0.296. The molecule has 2 N–H and O–H groups in total. The van der Waals surface area contributed by atoms with E-state index >= 15 is 0 Å². The van der Waals surface area contributed by atoms with Gasteiger partial charge >= 0.3 is 0 Å². The summed E-state index contributed by atoms with van der Waals surface area (Å²) in [5, 5.41) is 0. The van der Waals surface area contributed by atoms with Gasteiger partial charge in [-0.1, -0.05) is 12.1 Å². The first kappa shape index (κ1) is 12.5. The zero-order chi connectivity index (χ0) is 12.1. The Morgan fingerprint density at radius 1 is 1.50 bits per heavy atom. The number of likely N-dealkylation sites (N-methyl/N-ethyl adjacent to an activating group) is 1. The fourth-order valence-corrected chi connectivity index (χ4v) is 1.55. The number of nitrogens with two attached hydrogens (primary N) is 1. The Kier molecular flexibility index (Phi) is 4.31. The van der Waals surface area contributed by atoms with E-state index < -0.39 is 0 Å². The molecule has 0 aromatic heterocycles. The van der Waals surface area contributed by atoms with E-state index in [1.807, 2.05) is 24.3 Å². The van der Waals surface area contributed by atoms with Crippen molar-refractivity contribution in [2.24, 2.45) is 5.73 Å². The van der Waals surface area contributed by atoms with Gasteiger partial charge in [0.2, 0.25) is 5.91 Å². The van der Waals surface area contributed by atoms with Gasteiger partial charge in [-0.2, -0.15) is 0 Å².